The molecule has 1 aliphatic rings. The molecule has 1 aromatic carbocycles. The molecule has 10 heteroatoms. The molecule has 5 N–H and O–H groups in total. The summed E-state index contributed by atoms with van der Waals surface area (Å²) in [5.41, 5.74) is 0.963. The van der Waals surface area contributed by atoms with Gasteiger partial charge in [0.1, 0.15) is 12.6 Å². The highest BCUT2D eigenvalue weighted by Gasteiger charge is 2.32. The molecule has 0 saturated carbocycles. The lowest BCUT2D eigenvalue weighted by molar-refractivity contribution is -0.145. The first-order valence-electron chi connectivity index (χ1n) is 9.28. The number of aliphatic carboxylic acids is 1. The molecule has 4 amide bonds. The molecule has 0 saturated heterocycles. The molecule has 2 rings (SSSR count). The van der Waals surface area contributed by atoms with Crippen LogP contribution in [0.3, 0.4) is 0 Å². The Morgan fingerprint density at radius 3 is 2.41 bits per heavy atom. The van der Waals surface area contributed by atoms with Crippen LogP contribution in [0.4, 0.5) is 16.2 Å². The number of amides is 4. The van der Waals surface area contributed by atoms with E-state index in [1.165, 1.54) is 11.8 Å². The van der Waals surface area contributed by atoms with E-state index in [9.17, 15) is 24.3 Å². The molecule has 0 spiro atoms. The third-order valence-corrected chi connectivity index (χ3v) is 4.38. The molecule has 0 bridgehead atoms. The van der Waals surface area contributed by atoms with Crippen LogP contribution in [0.25, 0.3) is 0 Å². The lowest BCUT2D eigenvalue weighted by atomic mass is 10.0. The quantitative estimate of drug-likeness (QED) is 0.446. The SMILES string of the molecule is CC(C)C[C@H](NC(=O)N1CC(=O)Nc2ccccc21)C(=O)N[C@H](C(=O)O)[C@H](C)O. The second-order valence-corrected chi connectivity index (χ2v) is 7.35. The maximum atomic E-state index is 12.8. The molecule has 0 unspecified atom stereocenters. The molecule has 0 fully saturated rings. The minimum Gasteiger partial charge on any atom is -0.480 e. The molecule has 29 heavy (non-hydrogen) atoms. The van der Waals surface area contributed by atoms with Crippen LogP contribution >= 0.6 is 0 Å². The molecule has 0 aromatic heterocycles. The van der Waals surface area contributed by atoms with Crippen molar-refractivity contribution in [3.63, 3.8) is 0 Å². The smallest absolute Gasteiger partial charge is 0.328 e. The van der Waals surface area contributed by atoms with Gasteiger partial charge in [-0.05, 0) is 31.4 Å². The van der Waals surface area contributed by atoms with Gasteiger partial charge in [0.25, 0.3) is 0 Å². The van der Waals surface area contributed by atoms with E-state index in [4.69, 9.17) is 5.11 Å². The monoisotopic (exact) mass is 406 g/mol. The van der Waals surface area contributed by atoms with E-state index in [1.54, 1.807) is 24.3 Å². The van der Waals surface area contributed by atoms with Crippen LogP contribution in [0.15, 0.2) is 24.3 Å². The Balaban J connectivity index is 2.19. The first-order valence-corrected chi connectivity index (χ1v) is 9.28. The summed E-state index contributed by atoms with van der Waals surface area (Å²) in [5.74, 6) is -2.47. The lowest BCUT2D eigenvalue weighted by Crippen LogP contribution is -2.57. The van der Waals surface area contributed by atoms with Crippen molar-refractivity contribution in [2.45, 2.75) is 45.4 Å². The number of aliphatic hydroxyl groups is 1. The Morgan fingerprint density at radius 1 is 1.17 bits per heavy atom. The first-order chi connectivity index (χ1) is 13.6. The largest absolute Gasteiger partial charge is 0.480 e. The number of carboxylic acid groups (broad SMARTS) is 1. The van der Waals surface area contributed by atoms with E-state index < -0.39 is 36.1 Å². The summed E-state index contributed by atoms with van der Waals surface area (Å²) in [6, 6.07) is 3.56. The fraction of sp³-hybridized carbons (Fsp3) is 0.474. The van der Waals surface area contributed by atoms with Crippen molar-refractivity contribution in [3.05, 3.63) is 24.3 Å². The number of anilines is 2. The average Bonchev–Trinajstić information content (AvgIpc) is 2.63. The van der Waals surface area contributed by atoms with Gasteiger partial charge >= 0.3 is 12.0 Å². The van der Waals surface area contributed by atoms with Crippen LogP contribution in [0.5, 0.6) is 0 Å². The number of benzene rings is 1. The van der Waals surface area contributed by atoms with Crippen LogP contribution in [0, 0.1) is 5.92 Å². The number of carbonyl (C=O) groups is 4. The van der Waals surface area contributed by atoms with Gasteiger partial charge in [-0.2, -0.15) is 0 Å². The van der Waals surface area contributed by atoms with E-state index in [2.05, 4.69) is 16.0 Å². The van der Waals surface area contributed by atoms with Crippen molar-refractivity contribution >= 4 is 35.2 Å². The predicted octanol–water partition coefficient (Wildman–Crippen LogP) is 0.520. The number of hydrogen-bond donors (Lipinski definition) is 5. The minimum absolute atomic E-state index is 0.0119. The van der Waals surface area contributed by atoms with E-state index in [1.807, 2.05) is 13.8 Å². The Kier molecular flexibility index (Phi) is 7.16. The zero-order chi connectivity index (χ0) is 21.7. The molecular weight excluding hydrogens is 380 g/mol. The highest BCUT2D eigenvalue weighted by Crippen LogP contribution is 2.28. The first kappa shape index (κ1) is 22.2. The van der Waals surface area contributed by atoms with E-state index >= 15 is 0 Å². The minimum atomic E-state index is -1.50. The second-order valence-electron chi connectivity index (χ2n) is 7.35. The lowest BCUT2D eigenvalue weighted by Gasteiger charge is -2.31. The number of aliphatic hydroxyl groups excluding tert-OH is 1. The summed E-state index contributed by atoms with van der Waals surface area (Å²) in [6.45, 7) is 4.72. The number of urea groups is 1. The standard InChI is InChI=1S/C19H26N4O6/c1-10(2)8-13(17(26)22-16(11(3)24)18(27)28)21-19(29)23-9-15(25)20-12-6-4-5-7-14(12)23/h4-7,10-11,13,16,24H,8-9H2,1-3H3,(H,20,25)(H,21,29)(H,22,26)(H,27,28)/t11-,13-,16-/m0/s1. The van der Waals surface area contributed by atoms with Gasteiger partial charge in [0.15, 0.2) is 6.04 Å². The highest BCUT2D eigenvalue weighted by atomic mass is 16.4. The molecule has 0 aliphatic carbocycles. The van der Waals surface area contributed by atoms with Crippen molar-refractivity contribution in [2.24, 2.45) is 5.92 Å². The molecule has 1 aliphatic heterocycles. The third-order valence-electron chi connectivity index (χ3n) is 4.38. The molecular formula is C19H26N4O6. The number of carbonyl (C=O) groups excluding carboxylic acids is 3. The van der Waals surface area contributed by atoms with Gasteiger partial charge in [-0.3, -0.25) is 14.5 Å². The summed E-state index contributed by atoms with van der Waals surface area (Å²) in [5, 5.41) is 26.3. The third kappa shape index (κ3) is 5.67. The number of fused-ring (bicyclic) bond motifs is 1. The van der Waals surface area contributed by atoms with Crippen molar-refractivity contribution in [2.75, 3.05) is 16.8 Å². The Hall–Kier alpha value is -3.14. The van der Waals surface area contributed by atoms with Crippen molar-refractivity contribution in [3.8, 4) is 0 Å². The maximum Gasteiger partial charge on any atom is 0.328 e. The van der Waals surface area contributed by atoms with Gasteiger partial charge in [-0.1, -0.05) is 26.0 Å². The summed E-state index contributed by atoms with van der Waals surface area (Å²) in [6.07, 6.45) is -1.07. The average molecular weight is 406 g/mol. The Morgan fingerprint density at radius 2 is 1.83 bits per heavy atom. The predicted molar refractivity (Wildman–Crippen MR) is 105 cm³/mol. The van der Waals surface area contributed by atoms with Crippen LogP contribution in [0.2, 0.25) is 0 Å². The molecule has 1 heterocycles. The molecule has 3 atom stereocenters. The normalized spacial score (nSPS) is 16.3. The Labute approximate surface area is 168 Å². The number of nitrogens with zero attached hydrogens (tertiary/aromatic N) is 1. The van der Waals surface area contributed by atoms with Crippen LogP contribution in [0.1, 0.15) is 27.2 Å². The number of rotatable bonds is 7. The van der Waals surface area contributed by atoms with Gasteiger partial charge < -0.3 is 26.2 Å². The van der Waals surface area contributed by atoms with Crippen molar-refractivity contribution in [1.29, 1.82) is 0 Å². The second kappa shape index (κ2) is 9.37. The Bertz CT molecular complexity index is 795. The summed E-state index contributed by atoms with van der Waals surface area (Å²) < 4.78 is 0. The summed E-state index contributed by atoms with van der Waals surface area (Å²) in [7, 11) is 0. The van der Waals surface area contributed by atoms with E-state index in [0.29, 0.717) is 11.4 Å². The van der Waals surface area contributed by atoms with Gasteiger partial charge in [0, 0.05) is 0 Å². The van der Waals surface area contributed by atoms with E-state index in [0.717, 1.165) is 0 Å². The van der Waals surface area contributed by atoms with Crippen LogP contribution < -0.4 is 20.9 Å². The van der Waals surface area contributed by atoms with Gasteiger partial charge in [-0.15, -0.1) is 0 Å². The van der Waals surface area contributed by atoms with Crippen LogP contribution in [-0.4, -0.2) is 58.8 Å². The molecule has 158 valence electrons. The summed E-state index contributed by atoms with van der Waals surface area (Å²) in [4.78, 5) is 49.9. The fourth-order valence-corrected chi connectivity index (χ4v) is 2.99. The number of para-hydroxylation sites is 2. The zero-order valence-corrected chi connectivity index (χ0v) is 16.5. The van der Waals surface area contributed by atoms with Crippen molar-refractivity contribution < 1.29 is 29.4 Å². The fourth-order valence-electron chi connectivity index (χ4n) is 2.99. The molecule has 10 nitrogen and oxygen atoms in total. The van der Waals surface area contributed by atoms with Crippen LogP contribution in [-0.2, 0) is 14.4 Å². The summed E-state index contributed by atoms with van der Waals surface area (Å²) >= 11 is 0. The molecule has 1 aromatic rings. The number of hydrogen-bond acceptors (Lipinski definition) is 5. The topological polar surface area (TPSA) is 148 Å². The zero-order valence-electron chi connectivity index (χ0n) is 16.5. The highest BCUT2D eigenvalue weighted by molar-refractivity contribution is 6.10. The van der Waals surface area contributed by atoms with E-state index in [-0.39, 0.29) is 24.8 Å². The molecule has 0 radical (unpaired) electrons. The van der Waals surface area contributed by atoms with Gasteiger partial charge in [-0.25, -0.2) is 9.59 Å². The maximum absolute atomic E-state index is 12.8. The van der Waals surface area contributed by atoms with Gasteiger partial charge in [0.05, 0.1) is 17.5 Å². The number of carboxylic acids is 1. The van der Waals surface area contributed by atoms with Gasteiger partial charge in [0.2, 0.25) is 11.8 Å². The van der Waals surface area contributed by atoms with Crippen molar-refractivity contribution in [1.82, 2.24) is 10.6 Å². The number of nitrogens with one attached hydrogen (secondary N) is 3.